The molecule has 0 aliphatic heterocycles. The van der Waals surface area contributed by atoms with Crippen LogP contribution in [-0.2, 0) is 23.9 Å². The second-order valence-corrected chi connectivity index (χ2v) is 2.23. The van der Waals surface area contributed by atoms with Crippen molar-refractivity contribution in [3.05, 3.63) is 12.2 Å². The fourth-order valence-electron chi connectivity index (χ4n) is 0.612. The maximum atomic E-state index is 10.9. The third-order valence-electron chi connectivity index (χ3n) is 1.15. The lowest BCUT2D eigenvalue weighted by atomic mass is 10.5. The first-order valence-electron chi connectivity index (χ1n) is 4.26. The molecular formula is C9H11NO5. The van der Waals surface area contributed by atoms with E-state index in [1.54, 1.807) is 6.92 Å². The fourth-order valence-corrected chi connectivity index (χ4v) is 0.612. The van der Waals surface area contributed by atoms with Crippen molar-refractivity contribution in [3.8, 4) is 0 Å². The molecule has 0 rings (SSSR count). The van der Waals surface area contributed by atoms with Crippen LogP contribution in [0.25, 0.3) is 0 Å². The Bertz CT molecular complexity index is 291. The topological polar surface area (TPSA) is 82.0 Å². The summed E-state index contributed by atoms with van der Waals surface area (Å²) in [7, 11) is 0. The molecule has 6 heteroatoms. The van der Waals surface area contributed by atoms with E-state index in [9.17, 15) is 14.4 Å². The van der Waals surface area contributed by atoms with Crippen LogP contribution >= 0.6 is 0 Å². The zero-order valence-corrected chi connectivity index (χ0v) is 8.26. The highest BCUT2D eigenvalue weighted by Crippen LogP contribution is 1.85. The molecule has 0 aliphatic carbocycles. The average Bonchev–Trinajstić information content (AvgIpc) is 2.22. The summed E-state index contributed by atoms with van der Waals surface area (Å²) in [5.74, 6) is -1.30. The van der Waals surface area contributed by atoms with Crippen LogP contribution in [0.1, 0.15) is 6.92 Å². The average molecular weight is 213 g/mol. The molecule has 0 heterocycles. The number of rotatable bonds is 6. The highest BCUT2D eigenvalue weighted by atomic mass is 16.5. The van der Waals surface area contributed by atoms with Crippen LogP contribution in [0.4, 0.5) is 0 Å². The van der Waals surface area contributed by atoms with Gasteiger partial charge < -0.3 is 9.47 Å². The van der Waals surface area contributed by atoms with Gasteiger partial charge in [0.05, 0.1) is 13.2 Å². The molecule has 0 saturated heterocycles. The zero-order chi connectivity index (χ0) is 11.5. The minimum atomic E-state index is -0.691. The van der Waals surface area contributed by atoms with Gasteiger partial charge in [0.2, 0.25) is 6.08 Å². The molecule has 0 atom stereocenters. The molecule has 0 radical (unpaired) electrons. The summed E-state index contributed by atoms with van der Waals surface area (Å²) in [6, 6.07) is 0. The van der Waals surface area contributed by atoms with E-state index < -0.39 is 11.9 Å². The molecule has 0 spiro atoms. The predicted molar refractivity (Wildman–Crippen MR) is 49.7 cm³/mol. The molecule has 0 unspecified atom stereocenters. The Hall–Kier alpha value is -1.94. The number of carbonyl (C=O) groups is 2. The number of carbonyl (C=O) groups excluding carboxylic acids is 3. The number of isocyanates is 1. The molecule has 0 aromatic heterocycles. The highest BCUT2D eigenvalue weighted by molar-refractivity contribution is 5.91. The molecule has 15 heavy (non-hydrogen) atoms. The van der Waals surface area contributed by atoms with Gasteiger partial charge >= 0.3 is 11.9 Å². The van der Waals surface area contributed by atoms with Gasteiger partial charge in [-0.1, -0.05) is 0 Å². The van der Waals surface area contributed by atoms with E-state index in [2.05, 4.69) is 14.5 Å². The zero-order valence-electron chi connectivity index (χ0n) is 8.26. The van der Waals surface area contributed by atoms with Crippen LogP contribution in [0.2, 0.25) is 0 Å². The van der Waals surface area contributed by atoms with E-state index in [0.29, 0.717) is 0 Å². The van der Waals surface area contributed by atoms with Gasteiger partial charge in [-0.3, -0.25) is 0 Å². The Morgan fingerprint density at radius 1 is 1.27 bits per heavy atom. The van der Waals surface area contributed by atoms with Gasteiger partial charge in [0, 0.05) is 12.2 Å². The number of hydrogen-bond donors (Lipinski definition) is 0. The molecule has 0 aromatic rings. The van der Waals surface area contributed by atoms with Crippen molar-refractivity contribution in [2.45, 2.75) is 6.92 Å². The van der Waals surface area contributed by atoms with Crippen LogP contribution < -0.4 is 0 Å². The van der Waals surface area contributed by atoms with Gasteiger partial charge in [0.15, 0.2) is 0 Å². The monoisotopic (exact) mass is 213 g/mol. The lowest BCUT2D eigenvalue weighted by Crippen LogP contribution is -2.06. The maximum absolute atomic E-state index is 10.9. The minimum absolute atomic E-state index is 0.0265. The van der Waals surface area contributed by atoms with E-state index in [1.807, 2.05) is 0 Å². The summed E-state index contributed by atoms with van der Waals surface area (Å²) >= 11 is 0. The van der Waals surface area contributed by atoms with Crippen molar-refractivity contribution in [2.24, 2.45) is 4.99 Å². The van der Waals surface area contributed by atoms with E-state index in [4.69, 9.17) is 0 Å². The molecule has 0 aliphatic rings. The van der Waals surface area contributed by atoms with Crippen molar-refractivity contribution in [2.75, 3.05) is 19.8 Å². The van der Waals surface area contributed by atoms with Crippen LogP contribution in [0.3, 0.4) is 0 Å². The summed E-state index contributed by atoms with van der Waals surface area (Å²) in [6.07, 6.45) is 3.21. The molecular weight excluding hydrogens is 202 g/mol. The standard InChI is InChI=1S/C9H11NO5/c1-2-14-8(12)3-4-9(13)15-6-5-10-7-11/h3-4H,2,5-6H2,1H3. The number of esters is 2. The van der Waals surface area contributed by atoms with Gasteiger partial charge in [0.25, 0.3) is 0 Å². The first-order chi connectivity index (χ1) is 7.20. The Labute approximate surface area is 86.6 Å². The van der Waals surface area contributed by atoms with E-state index in [1.165, 1.54) is 6.08 Å². The molecule has 0 N–H and O–H groups in total. The van der Waals surface area contributed by atoms with Gasteiger partial charge in [-0.2, -0.15) is 0 Å². The predicted octanol–water partition coefficient (Wildman–Crippen LogP) is -0.0153. The molecule has 0 fully saturated rings. The third kappa shape index (κ3) is 8.39. The summed E-state index contributed by atoms with van der Waals surface area (Å²) in [5, 5.41) is 0. The largest absolute Gasteiger partial charge is 0.463 e. The number of aliphatic imine (C=N–C) groups is 1. The fraction of sp³-hybridized carbons (Fsp3) is 0.444. The molecule has 0 aromatic carbocycles. The minimum Gasteiger partial charge on any atom is -0.463 e. The Balaban J connectivity index is 3.72. The quantitative estimate of drug-likeness (QED) is 0.204. The highest BCUT2D eigenvalue weighted by Gasteiger charge is 1.99. The Morgan fingerprint density at radius 3 is 2.40 bits per heavy atom. The van der Waals surface area contributed by atoms with Crippen molar-refractivity contribution in [1.29, 1.82) is 0 Å². The first kappa shape index (κ1) is 13.1. The van der Waals surface area contributed by atoms with Crippen LogP contribution in [0, 0.1) is 0 Å². The van der Waals surface area contributed by atoms with Crippen molar-refractivity contribution in [3.63, 3.8) is 0 Å². The molecule has 0 saturated carbocycles. The SMILES string of the molecule is CCOC(=O)C=CC(=O)OCCN=C=O. The number of ether oxygens (including phenoxy) is 2. The first-order valence-corrected chi connectivity index (χ1v) is 4.26. The van der Waals surface area contributed by atoms with Gasteiger partial charge in [-0.15, -0.1) is 0 Å². The Morgan fingerprint density at radius 2 is 1.87 bits per heavy atom. The van der Waals surface area contributed by atoms with Crippen LogP contribution in [-0.4, -0.2) is 37.8 Å². The molecule has 82 valence electrons. The van der Waals surface area contributed by atoms with Crippen molar-refractivity contribution in [1.82, 2.24) is 0 Å². The summed E-state index contributed by atoms with van der Waals surface area (Å²) in [6.45, 7) is 1.93. The number of nitrogens with zero attached hydrogens (tertiary/aromatic N) is 1. The van der Waals surface area contributed by atoms with E-state index in [0.717, 1.165) is 12.2 Å². The van der Waals surface area contributed by atoms with E-state index >= 15 is 0 Å². The molecule has 6 nitrogen and oxygen atoms in total. The van der Waals surface area contributed by atoms with Crippen molar-refractivity contribution >= 4 is 18.0 Å². The Kier molecular flexibility index (Phi) is 7.53. The van der Waals surface area contributed by atoms with Gasteiger partial charge in [0.1, 0.15) is 6.61 Å². The second kappa shape index (κ2) is 8.65. The summed E-state index contributed by atoms with van der Waals surface area (Å²) in [5.41, 5.74) is 0. The van der Waals surface area contributed by atoms with Crippen LogP contribution in [0.5, 0.6) is 0 Å². The van der Waals surface area contributed by atoms with Gasteiger partial charge in [-0.25, -0.2) is 19.4 Å². The smallest absolute Gasteiger partial charge is 0.331 e. The lowest BCUT2D eigenvalue weighted by molar-refractivity contribution is -0.140. The molecule has 0 amide bonds. The maximum Gasteiger partial charge on any atom is 0.331 e. The second-order valence-electron chi connectivity index (χ2n) is 2.23. The summed E-state index contributed by atoms with van der Waals surface area (Å²) < 4.78 is 9.10. The van der Waals surface area contributed by atoms with Crippen LogP contribution in [0.15, 0.2) is 17.1 Å². The van der Waals surface area contributed by atoms with Crippen molar-refractivity contribution < 1.29 is 23.9 Å². The molecule has 0 bridgehead atoms. The number of hydrogen-bond acceptors (Lipinski definition) is 6. The lowest BCUT2D eigenvalue weighted by Gasteiger charge is -1.97. The third-order valence-corrected chi connectivity index (χ3v) is 1.15. The normalized spacial score (nSPS) is 9.40. The van der Waals surface area contributed by atoms with E-state index in [-0.39, 0.29) is 19.8 Å². The van der Waals surface area contributed by atoms with Gasteiger partial charge in [-0.05, 0) is 6.92 Å². The summed E-state index contributed by atoms with van der Waals surface area (Å²) in [4.78, 5) is 34.4.